The number of thiocarbonyl (C=S) groups is 2. The van der Waals surface area contributed by atoms with E-state index in [1.165, 1.54) is 44.2 Å². The third kappa shape index (κ3) is 6.18. The summed E-state index contributed by atoms with van der Waals surface area (Å²) < 4.78 is 0. The quantitative estimate of drug-likeness (QED) is 0.435. The molecular weight excluding hydrogens is 464 g/mol. The standard InChI is InChI=1S/C26H32N4O2S2/c1-16-14-20(8-10-22(16)29-24(33)27-18(3)31)26(12-6-5-7-13-26)21-9-11-23(17(2)15-21)30-25(34)28-19(4)32/h8-11,14-15H,5-7,12-13H2,1-4H3,(H2,27,29,31,33)(H2,28,30,32,34). The maximum atomic E-state index is 11.3. The second-order valence-corrected chi connectivity index (χ2v) is 9.79. The molecular formula is C26H32N4O2S2. The minimum Gasteiger partial charge on any atom is -0.332 e. The summed E-state index contributed by atoms with van der Waals surface area (Å²) >= 11 is 10.5. The minimum atomic E-state index is -0.195. The number of amides is 2. The Labute approximate surface area is 212 Å². The number of benzene rings is 2. The normalized spacial score (nSPS) is 14.6. The number of hydrogen-bond acceptors (Lipinski definition) is 4. The van der Waals surface area contributed by atoms with Crippen LogP contribution in [0.25, 0.3) is 0 Å². The summed E-state index contributed by atoms with van der Waals surface area (Å²) in [4.78, 5) is 22.6. The molecule has 1 aliphatic rings. The molecule has 1 fully saturated rings. The lowest BCUT2D eigenvalue weighted by molar-refractivity contribution is -0.118. The second kappa shape index (κ2) is 11.1. The molecule has 2 aromatic rings. The van der Waals surface area contributed by atoms with Crippen molar-refractivity contribution in [3.05, 3.63) is 58.7 Å². The third-order valence-electron chi connectivity index (χ3n) is 6.34. The topological polar surface area (TPSA) is 82.3 Å². The lowest BCUT2D eigenvalue weighted by Crippen LogP contribution is -2.33. The summed E-state index contributed by atoms with van der Waals surface area (Å²) in [6.07, 6.45) is 5.77. The largest absolute Gasteiger partial charge is 0.332 e. The average molecular weight is 497 g/mol. The van der Waals surface area contributed by atoms with Crippen molar-refractivity contribution in [1.82, 2.24) is 10.6 Å². The van der Waals surface area contributed by atoms with E-state index in [1.54, 1.807) is 0 Å². The smallest absolute Gasteiger partial charge is 0.222 e. The lowest BCUT2D eigenvalue weighted by Gasteiger charge is -2.39. The summed E-state index contributed by atoms with van der Waals surface area (Å²) in [7, 11) is 0. The monoisotopic (exact) mass is 496 g/mol. The molecule has 3 rings (SSSR count). The van der Waals surface area contributed by atoms with Gasteiger partial charge in [-0.3, -0.25) is 9.59 Å². The SMILES string of the molecule is CC(=O)NC(=S)Nc1ccc(C2(c3ccc(NC(=S)NC(C)=O)c(C)c3)CCCCC2)cc1C. The van der Waals surface area contributed by atoms with Gasteiger partial charge in [-0.15, -0.1) is 0 Å². The van der Waals surface area contributed by atoms with Gasteiger partial charge in [0.05, 0.1) is 0 Å². The number of hydrogen-bond donors (Lipinski definition) is 4. The first-order chi connectivity index (χ1) is 16.1. The lowest BCUT2D eigenvalue weighted by atomic mass is 9.65. The summed E-state index contributed by atoms with van der Waals surface area (Å²) in [5.74, 6) is -0.391. The van der Waals surface area contributed by atoms with Crippen molar-refractivity contribution in [3.63, 3.8) is 0 Å². The highest BCUT2D eigenvalue weighted by Gasteiger charge is 2.36. The molecule has 34 heavy (non-hydrogen) atoms. The Kier molecular flexibility index (Phi) is 8.38. The average Bonchev–Trinajstić information content (AvgIpc) is 2.76. The number of rotatable bonds is 4. The zero-order valence-electron chi connectivity index (χ0n) is 20.1. The van der Waals surface area contributed by atoms with Crippen molar-refractivity contribution in [1.29, 1.82) is 0 Å². The van der Waals surface area contributed by atoms with Crippen molar-refractivity contribution < 1.29 is 9.59 Å². The van der Waals surface area contributed by atoms with Gasteiger partial charge in [0.15, 0.2) is 10.2 Å². The van der Waals surface area contributed by atoms with E-state index in [0.29, 0.717) is 10.2 Å². The molecule has 2 aromatic carbocycles. The number of nitrogens with one attached hydrogen (secondary N) is 4. The molecule has 0 bridgehead atoms. The van der Waals surface area contributed by atoms with Crippen LogP contribution in [-0.2, 0) is 15.0 Å². The van der Waals surface area contributed by atoms with Crippen LogP contribution in [-0.4, -0.2) is 22.0 Å². The fraction of sp³-hybridized carbons (Fsp3) is 0.385. The van der Waals surface area contributed by atoms with Crippen molar-refractivity contribution in [3.8, 4) is 0 Å². The van der Waals surface area contributed by atoms with E-state index in [2.05, 4.69) is 59.4 Å². The molecule has 0 atom stereocenters. The highest BCUT2D eigenvalue weighted by atomic mass is 32.1. The molecule has 6 nitrogen and oxygen atoms in total. The van der Waals surface area contributed by atoms with Gasteiger partial charge >= 0.3 is 0 Å². The fourth-order valence-electron chi connectivity index (χ4n) is 4.73. The Morgan fingerprint density at radius 1 is 0.735 bits per heavy atom. The molecule has 0 aromatic heterocycles. The van der Waals surface area contributed by atoms with Crippen LogP contribution in [0.2, 0.25) is 0 Å². The van der Waals surface area contributed by atoms with Crippen LogP contribution in [0.4, 0.5) is 11.4 Å². The molecule has 180 valence electrons. The van der Waals surface area contributed by atoms with Gasteiger partial charge in [-0.1, -0.05) is 43.5 Å². The van der Waals surface area contributed by atoms with Crippen LogP contribution in [0.3, 0.4) is 0 Å². The van der Waals surface area contributed by atoms with Crippen LogP contribution in [0.15, 0.2) is 36.4 Å². The fourth-order valence-corrected chi connectivity index (χ4v) is 5.24. The zero-order chi connectivity index (χ0) is 24.9. The zero-order valence-corrected chi connectivity index (χ0v) is 21.8. The molecule has 2 amide bonds. The van der Waals surface area contributed by atoms with Gasteiger partial charge in [-0.05, 0) is 85.5 Å². The van der Waals surface area contributed by atoms with Crippen molar-refractivity contribution >= 4 is 57.8 Å². The molecule has 1 saturated carbocycles. The summed E-state index contributed by atoms with van der Waals surface area (Å²) in [6.45, 7) is 6.99. The molecule has 0 unspecified atom stereocenters. The Morgan fingerprint density at radius 2 is 1.15 bits per heavy atom. The Bertz CT molecular complexity index is 1040. The second-order valence-electron chi connectivity index (χ2n) is 8.97. The minimum absolute atomic E-state index is 0.0683. The van der Waals surface area contributed by atoms with Crippen molar-refractivity contribution in [2.75, 3.05) is 10.6 Å². The predicted octanol–water partition coefficient (Wildman–Crippen LogP) is 5.22. The summed E-state index contributed by atoms with van der Waals surface area (Å²) in [6, 6.07) is 12.9. The van der Waals surface area contributed by atoms with Crippen LogP contribution < -0.4 is 21.3 Å². The molecule has 0 spiro atoms. The Morgan fingerprint density at radius 3 is 1.50 bits per heavy atom. The van der Waals surface area contributed by atoms with Gasteiger partial charge < -0.3 is 21.3 Å². The van der Waals surface area contributed by atoms with E-state index in [0.717, 1.165) is 35.3 Å². The van der Waals surface area contributed by atoms with Gasteiger partial charge in [-0.25, -0.2) is 0 Å². The van der Waals surface area contributed by atoms with Crippen LogP contribution in [0, 0.1) is 13.8 Å². The number of carbonyl (C=O) groups excluding carboxylic acids is 2. The van der Waals surface area contributed by atoms with Gasteiger partial charge in [-0.2, -0.15) is 0 Å². The van der Waals surface area contributed by atoms with E-state index in [9.17, 15) is 9.59 Å². The van der Waals surface area contributed by atoms with E-state index in [1.807, 2.05) is 12.1 Å². The molecule has 1 aliphatic carbocycles. The molecule has 4 N–H and O–H groups in total. The highest BCUT2D eigenvalue weighted by molar-refractivity contribution is 7.80. The Balaban J connectivity index is 1.92. The molecule has 0 radical (unpaired) electrons. The summed E-state index contributed by atoms with van der Waals surface area (Å²) in [5.41, 5.74) is 6.42. The maximum Gasteiger partial charge on any atom is 0.222 e. The number of anilines is 2. The van der Waals surface area contributed by atoms with Gasteiger partial charge in [0.1, 0.15) is 0 Å². The van der Waals surface area contributed by atoms with E-state index < -0.39 is 0 Å². The first-order valence-electron chi connectivity index (χ1n) is 11.5. The van der Waals surface area contributed by atoms with Gasteiger partial charge in [0.2, 0.25) is 11.8 Å². The Hall–Kier alpha value is -2.84. The van der Waals surface area contributed by atoms with Gasteiger partial charge in [0.25, 0.3) is 0 Å². The third-order valence-corrected chi connectivity index (χ3v) is 6.75. The first kappa shape index (κ1) is 25.8. The van der Waals surface area contributed by atoms with E-state index in [4.69, 9.17) is 24.4 Å². The van der Waals surface area contributed by atoms with E-state index >= 15 is 0 Å². The predicted molar refractivity (Wildman–Crippen MR) is 146 cm³/mol. The number of aryl methyl sites for hydroxylation is 2. The van der Waals surface area contributed by atoms with Crippen LogP contribution >= 0.6 is 24.4 Å². The van der Waals surface area contributed by atoms with Crippen molar-refractivity contribution in [2.45, 2.75) is 65.2 Å². The van der Waals surface area contributed by atoms with Crippen molar-refractivity contribution in [2.24, 2.45) is 0 Å². The van der Waals surface area contributed by atoms with Gasteiger partial charge in [0, 0.05) is 30.6 Å². The number of carbonyl (C=O) groups is 2. The highest BCUT2D eigenvalue weighted by Crippen LogP contribution is 2.46. The molecule has 0 heterocycles. The van der Waals surface area contributed by atoms with Crippen LogP contribution in [0.1, 0.15) is 68.2 Å². The maximum absolute atomic E-state index is 11.3. The molecule has 8 heteroatoms. The van der Waals surface area contributed by atoms with E-state index in [-0.39, 0.29) is 17.2 Å². The summed E-state index contributed by atoms with van der Waals surface area (Å²) in [5, 5.41) is 12.1. The first-order valence-corrected chi connectivity index (χ1v) is 12.3. The van der Waals surface area contributed by atoms with Crippen LogP contribution in [0.5, 0.6) is 0 Å². The molecule has 0 saturated heterocycles. The molecule has 0 aliphatic heterocycles.